The van der Waals surface area contributed by atoms with E-state index in [9.17, 15) is 9.59 Å². The number of aryl methyl sites for hydroxylation is 2. The standard InChI is InChI=1S/C16H18N4O3/c1-10-13(3-4-23-10)15(21)19-6-11-7-20(16(22)14(11)9-19)12-5-17-18(2)8-12/h3-5,8,11,14H,6-7,9H2,1-2H3/t11-,14-/m0/s1. The molecule has 2 amide bonds. The van der Waals surface area contributed by atoms with Crippen molar-refractivity contribution in [2.75, 3.05) is 24.5 Å². The van der Waals surface area contributed by atoms with Gasteiger partial charge >= 0.3 is 0 Å². The Labute approximate surface area is 133 Å². The SMILES string of the molecule is Cc1occc1C(=O)N1C[C@H]2CN(c3cnn(C)c3)C(=O)[C@H]2C1. The molecule has 7 nitrogen and oxygen atoms in total. The van der Waals surface area contributed by atoms with Crippen LogP contribution in [0.25, 0.3) is 0 Å². The van der Waals surface area contributed by atoms with E-state index in [1.165, 1.54) is 6.26 Å². The van der Waals surface area contributed by atoms with Crippen molar-refractivity contribution in [1.82, 2.24) is 14.7 Å². The Morgan fingerprint density at radius 3 is 2.78 bits per heavy atom. The van der Waals surface area contributed by atoms with Crippen molar-refractivity contribution in [2.45, 2.75) is 6.92 Å². The maximum Gasteiger partial charge on any atom is 0.257 e. The van der Waals surface area contributed by atoms with Gasteiger partial charge in [-0.15, -0.1) is 0 Å². The Morgan fingerprint density at radius 1 is 1.35 bits per heavy atom. The number of carbonyl (C=O) groups excluding carboxylic acids is 2. The molecule has 2 aromatic rings. The minimum Gasteiger partial charge on any atom is -0.469 e. The van der Waals surface area contributed by atoms with Crippen molar-refractivity contribution < 1.29 is 14.0 Å². The van der Waals surface area contributed by atoms with Crippen LogP contribution >= 0.6 is 0 Å². The molecule has 120 valence electrons. The zero-order valence-corrected chi connectivity index (χ0v) is 13.1. The molecule has 0 bridgehead atoms. The van der Waals surface area contributed by atoms with Crippen LogP contribution in [0.15, 0.2) is 29.1 Å². The summed E-state index contributed by atoms with van der Waals surface area (Å²) in [5.74, 6) is 0.717. The van der Waals surface area contributed by atoms with Gasteiger partial charge < -0.3 is 14.2 Å². The molecule has 2 aromatic heterocycles. The number of likely N-dealkylation sites (tertiary alicyclic amines) is 1. The van der Waals surface area contributed by atoms with Crippen molar-refractivity contribution in [3.05, 3.63) is 36.0 Å². The van der Waals surface area contributed by atoms with Crippen molar-refractivity contribution in [2.24, 2.45) is 18.9 Å². The number of fused-ring (bicyclic) bond motifs is 1. The smallest absolute Gasteiger partial charge is 0.257 e. The third-order valence-electron chi connectivity index (χ3n) is 4.82. The number of hydrogen-bond donors (Lipinski definition) is 0. The molecule has 0 radical (unpaired) electrons. The molecular weight excluding hydrogens is 296 g/mol. The van der Waals surface area contributed by atoms with Gasteiger partial charge in [0.1, 0.15) is 5.76 Å². The van der Waals surface area contributed by atoms with E-state index in [1.807, 2.05) is 13.2 Å². The zero-order chi connectivity index (χ0) is 16.1. The number of hydrogen-bond acceptors (Lipinski definition) is 4. The Hall–Kier alpha value is -2.57. The number of amides is 2. The summed E-state index contributed by atoms with van der Waals surface area (Å²) < 4.78 is 6.89. The van der Waals surface area contributed by atoms with Gasteiger partial charge in [0.25, 0.3) is 5.91 Å². The van der Waals surface area contributed by atoms with Crippen molar-refractivity contribution >= 4 is 17.5 Å². The van der Waals surface area contributed by atoms with E-state index in [2.05, 4.69) is 5.10 Å². The molecule has 4 rings (SSSR count). The summed E-state index contributed by atoms with van der Waals surface area (Å²) in [6, 6.07) is 1.69. The largest absolute Gasteiger partial charge is 0.469 e. The lowest BCUT2D eigenvalue weighted by Gasteiger charge is -2.20. The average Bonchev–Trinajstić information content (AvgIpc) is 3.25. The van der Waals surface area contributed by atoms with E-state index < -0.39 is 0 Å². The van der Waals surface area contributed by atoms with Crippen molar-refractivity contribution in [3.63, 3.8) is 0 Å². The Kier molecular flexibility index (Phi) is 3.04. The van der Waals surface area contributed by atoms with Crippen LogP contribution in [0, 0.1) is 18.8 Å². The van der Waals surface area contributed by atoms with Gasteiger partial charge in [0.2, 0.25) is 5.91 Å². The molecule has 0 spiro atoms. The predicted molar refractivity (Wildman–Crippen MR) is 81.9 cm³/mol. The molecule has 2 fully saturated rings. The van der Waals surface area contributed by atoms with Crippen LogP contribution in [0.3, 0.4) is 0 Å². The molecule has 0 unspecified atom stereocenters. The van der Waals surface area contributed by atoms with Crippen LogP contribution in [0.2, 0.25) is 0 Å². The monoisotopic (exact) mass is 314 g/mol. The van der Waals surface area contributed by atoms with Crippen LogP contribution in [-0.2, 0) is 11.8 Å². The summed E-state index contributed by atoms with van der Waals surface area (Å²) in [5.41, 5.74) is 1.41. The van der Waals surface area contributed by atoms with Gasteiger partial charge in [0.15, 0.2) is 0 Å². The number of rotatable bonds is 2. The van der Waals surface area contributed by atoms with E-state index >= 15 is 0 Å². The van der Waals surface area contributed by atoms with Crippen LogP contribution < -0.4 is 4.90 Å². The second kappa shape index (κ2) is 4.97. The zero-order valence-electron chi connectivity index (χ0n) is 13.1. The highest BCUT2D eigenvalue weighted by molar-refractivity contribution is 6.00. The molecule has 2 atom stereocenters. The van der Waals surface area contributed by atoms with E-state index in [1.54, 1.807) is 33.7 Å². The van der Waals surface area contributed by atoms with E-state index in [0.717, 1.165) is 5.69 Å². The lowest BCUT2D eigenvalue weighted by atomic mass is 10.0. The summed E-state index contributed by atoms with van der Waals surface area (Å²) in [6.45, 7) is 3.50. The Balaban J connectivity index is 1.50. The fourth-order valence-corrected chi connectivity index (χ4v) is 3.58. The van der Waals surface area contributed by atoms with Gasteiger partial charge in [0, 0.05) is 38.8 Å². The number of aromatic nitrogens is 2. The summed E-state index contributed by atoms with van der Waals surface area (Å²) in [7, 11) is 1.83. The Morgan fingerprint density at radius 2 is 2.17 bits per heavy atom. The first-order chi connectivity index (χ1) is 11.0. The average molecular weight is 314 g/mol. The minimum absolute atomic E-state index is 0.0497. The quantitative estimate of drug-likeness (QED) is 0.831. The van der Waals surface area contributed by atoms with Crippen molar-refractivity contribution in [3.8, 4) is 0 Å². The molecule has 0 N–H and O–H groups in total. The normalized spacial score (nSPS) is 23.7. The number of anilines is 1. The predicted octanol–water partition coefficient (Wildman–Crippen LogP) is 1.06. The van der Waals surface area contributed by atoms with Gasteiger partial charge in [0.05, 0.1) is 29.6 Å². The first-order valence-corrected chi connectivity index (χ1v) is 7.68. The third kappa shape index (κ3) is 2.15. The second-order valence-electron chi connectivity index (χ2n) is 6.29. The summed E-state index contributed by atoms with van der Waals surface area (Å²) in [4.78, 5) is 28.8. The molecule has 23 heavy (non-hydrogen) atoms. The van der Waals surface area contributed by atoms with Crippen LogP contribution in [0.4, 0.5) is 5.69 Å². The Bertz CT molecular complexity index is 778. The number of furan rings is 1. The van der Waals surface area contributed by atoms with E-state index in [-0.39, 0.29) is 23.7 Å². The molecule has 2 saturated heterocycles. The lowest BCUT2D eigenvalue weighted by molar-refractivity contribution is -0.120. The maximum atomic E-state index is 12.7. The first-order valence-electron chi connectivity index (χ1n) is 7.68. The minimum atomic E-state index is -0.119. The van der Waals surface area contributed by atoms with Crippen LogP contribution in [0.1, 0.15) is 16.1 Å². The second-order valence-corrected chi connectivity index (χ2v) is 6.29. The lowest BCUT2D eigenvalue weighted by Crippen LogP contribution is -2.35. The molecule has 0 saturated carbocycles. The molecule has 0 aliphatic carbocycles. The first kappa shape index (κ1) is 14.0. The molecule has 0 aromatic carbocycles. The molecular formula is C16H18N4O3. The highest BCUT2D eigenvalue weighted by atomic mass is 16.3. The van der Waals surface area contributed by atoms with Crippen molar-refractivity contribution in [1.29, 1.82) is 0 Å². The van der Waals surface area contributed by atoms with Gasteiger partial charge in [-0.1, -0.05) is 0 Å². The van der Waals surface area contributed by atoms with Gasteiger partial charge in [-0.3, -0.25) is 14.3 Å². The maximum absolute atomic E-state index is 12.7. The van der Waals surface area contributed by atoms with Gasteiger partial charge in [-0.05, 0) is 13.0 Å². The molecule has 2 aliphatic heterocycles. The number of nitrogens with zero attached hydrogens (tertiary/aromatic N) is 4. The van der Waals surface area contributed by atoms with E-state index in [0.29, 0.717) is 31.0 Å². The topological polar surface area (TPSA) is 71.6 Å². The van der Waals surface area contributed by atoms with Crippen LogP contribution in [0.5, 0.6) is 0 Å². The number of carbonyl (C=O) groups is 2. The fraction of sp³-hybridized carbons (Fsp3) is 0.438. The van der Waals surface area contributed by atoms with Gasteiger partial charge in [-0.25, -0.2) is 0 Å². The molecule has 2 aliphatic rings. The summed E-state index contributed by atoms with van der Waals surface area (Å²) in [6.07, 6.45) is 5.07. The highest BCUT2D eigenvalue weighted by Crippen LogP contribution is 2.35. The molecule has 4 heterocycles. The van der Waals surface area contributed by atoms with E-state index in [4.69, 9.17) is 4.42 Å². The van der Waals surface area contributed by atoms with Crippen LogP contribution in [-0.4, -0.2) is 46.1 Å². The molecule has 7 heteroatoms. The summed E-state index contributed by atoms with van der Waals surface area (Å²) in [5, 5.41) is 4.12. The fourth-order valence-electron chi connectivity index (χ4n) is 3.58. The third-order valence-corrected chi connectivity index (χ3v) is 4.82. The highest BCUT2D eigenvalue weighted by Gasteiger charge is 2.48. The van der Waals surface area contributed by atoms with Gasteiger partial charge in [-0.2, -0.15) is 5.10 Å². The summed E-state index contributed by atoms with van der Waals surface area (Å²) >= 11 is 0.